The minimum Gasteiger partial charge on any atom is -0.394 e. The predicted octanol–water partition coefficient (Wildman–Crippen LogP) is -0.429. The van der Waals surface area contributed by atoms with Crippen molar-refractivity contribution in [3.8, 4) is 11.3 Å². The number of amides is 2. The Kier molecular flexibility index (Phi) is 16.3. The number of ether oxygens (including phenoxy) is 5. The molecule has 15 atom stereocenters. The van der Waals surface area contributed by atoms with Crippen LogP contribution in [-0.2, 0) is 38.1 Å². The largest absolute Gasteiger partial charge is 0.394 e. The fourth-order valence-electron chi connectivity index (χ4n) is 8.51. The van der Waals surface area contributed by atoms with Gasteiger partial charge in [0.15, 0.2) is 12.6 Å². The fourth-order valence-corrected chi connectivity index (χ4v) is 8.51. The van der Waals surface area contributed by atoms with Gasteiger partial charge in [-0.25, -0.2) is 9.07 Å². The molecule has 61 heavy (non-hydrogen) atoms. The van der Waals surface area contributed by atoms with E-state index >= 15 is 0 Å². The van der Waals surface area contributed by atoms with E-state index in [9.17, 15) is 44.3 Å². The van der Waals surface area contributed by atoms with Crippen molar-refractivity contribution in [2.45, 2.75) is 151 Å². The molecule has 6 unspecified atom stereocenters. The van der Waals surface area contributed by atoms with Gasteiger partial charge in [0.25, 0.3) is 5.91 Å². The number of carbonyl (C=O) groups excluding carboxylic acids is 3. The molecular weight excluding hydrogens is 803 g/mol. The first-order valence-electron chi connectivity index (χ1n) is 21.3. The van der Waals surface area contributed by atoms with Crippen LogP contribution in [-0.4, -0.2) is 176 Å². The van der Waals surface area contributed by atoms with Crippen LogP contribution in [0.25, 0.3) is 11.3 Å². The number of hydrogen-bond donors (Lipinski definition) is 7. The Morgan fingerprint density at radius 2 is 1.79 bits per heavy atom. The molecule has 2 aromatic rings. The summed E-state index contributed by atoms with van der Waals surface area (Å²) in [7, 11) is 1.78. The van der Waals surface area contributed by atoms with Gasteiger partial charge in [-0.3, -0.25) is 14.4 Å². The molecule has 340 valence electrons. The lowest BCUT2D eigenvalue weighted by molar-refractivity contribution is -0.337. The molecule has 0 bridgehead atoms. The summed E-state index contributed by atoms with van der Waals surface area (Å²) >= 11 is 0. The molecular formula is C41H61FN6O13. The third-order valence-electron chi connectivity index (χ3n) is 12.0. The van der Waals surface area contributed by atoms with E-state index in [2.05, 4.69) is 20.9 Å². The van der Waals surface area contributed by atoms with Crippen LogP contribution in [0.2, 0.25) is 0 Å². The number of carbonyl (C=O) groups is 3. The molecule has 6 rings (SSSR count). The van der Waals surface area contributed by atoms with Gasteiger partial charge in [-0.2, -0.15) is 0 Å². The Morgan fingerprint density at radius 3 is 2.44 bits per heavy atom. The van der Waals surface area contributed by atoms with Gasteiger partial charge in [0.2, 0.25) is 5.91 Å². The molecule has 1 aromatic carbocycles. The van der Waals surface area contributed by atoms with E-state index in [0.29, 0.717) is 50.2 Å². The van der Waals surface area contributed by atoms with Gasteiger partial charge < -0.3 is 64.8 Å². The van der Waals surface area contributed by atoms with Crippen molar-refractivity contribution in [3.05, 3.63) is 36.3 Å². The maximum atomic E-state index is 14.3. The topological polar surface area (TPSA) is 257 Å². The maximum Gasteiger partial charge on any atom is 0.251 e. The summed E-state index contributed by atoms with van der Waals surface area (Å²) in [4.78, 5) is 42.1. The third-order valence-corrected chi connectivity index (χ3v) is 12.0. The number of nitrogens with one attached hydrogen (secondary N) is 2. The lowest BCUT2D eigenvalue weighted by atomic mass is 9.78. The van der Waals surface area contributed by atoms with Crippen molar-refractivity contribution >= 4 is 17.6 Å². The Balaban J connectivity index is 1.40. The molecule has 2 amide bonds. The molecule has 3 aliphatic heterocycles. The summed E-state index contributed by atoms with van der Waals surface area (Å²) in [6, 6.07) is 3.58. The highest BCUT2D eigenvalue weighted by Gasteiger charge is 2.53. The van der Waals surface area contributed by atoms with Crippen LogP contribution in [0.5, 0.6) is 0 Å². The molecule has 4 heterocycles. The molecule has 20 heteroatoms. The molecule has 7 N–H and O–H groups in total. The van der Waals surface area contributed by atoms with E-state index in [1.807, 2.05) is 6.92 Å². The zero-order valence-electron chi connectivity index (χ0n) is 35.0. The molecule has 1 aliphatic carbocycles. The molecule has 19 nitrogen and oxygen atoms in total. The number of aliphatic hydroxyl groups excluding tert-OH is 5. The summed E-state index contributed by atoms with van der Waals surface area (Å²) in [5.74, 6) is -2.10. The van der Waals surface area contributed by atoms with Gasteiger partial charge in [-0.1, -0.05) is 30.7 Å². The fraction of sp³-hybridized carbons (Fsp3) is 0.732. The smallest absolute Gasteiger partial charge is 0.251 e. The van der Waals surface area contributed by atoms with Crippen molar-refractivity contribution in [1.82, 2.24) is 30.5 Å². The molecule has 3 saturated heterocycles. The van der Waals surface area contributed by atoms with Crippen LogP contribution in [0, 0.1) is 11.7 Å². The van der Waals surface area contributed by atoms with E-state index < -0.39 is 110 Å². The van der Waals surface area contributed by atoms with E-state index in [4.69, 9.17) is 23.7 Å². The SMILES string of the molecule is CCC[C@H](OC1C(NC(C)=O)[C@H](O[C@@H]2CC(C(=O)CCCNC)CC(n3cc(-c4cccc(F)c4)nn3)[C@H]2O[C@@H]2OC(C)[C@@H](O)[C@H](O)C2O)O[C@@H](CO)[C@@H]1O)C(=O)N1CCC1. The molecule has 4 fully saturated rings. The number of aliphatic hydroxyl groups is 5. The number of aromatic nitrogens is 3. The van der Waals surface area contributed by atoms with Crippen molar-refractivity contribution in [2.75, 3.05) is 33.3 Å². The number of hydrogen-bond acceptors (Lipinski definition) is 16. The van der Waals surface area contributed by atoms with Gasteiger partial charge in [-0.15, -0.1) is 5.10 Å². The summed E-state index contributed by atoms with van der Waals surface area (Å²) < 4.78 is 47.6. The first-order valence-corrected chi connectivity index (χ1v) is 21.3. The van der Waals surface area contributed by atoms with Crippen LogP contribution in [0.1, 0.15) is 71.8 Å². The molecule has 0 spiro atoms. The highest BCUT2D eigenvalue weighted by atomic mass is 19.1. The summed E-state index contributed by atoms with van der Waals surface area (Å²) in [6.07, 6.45) is -12.2. The normalized spacial score (nSPS) is 34.7. The van der Waals surface area contributed by atoms with Gasteiger partial charge in [0.05, 0.1) is 31.1 Å². The number of ketones is 1. The number of nitrogens with zero attached hydrogens (tertiary/aromatic N) is 4. The highest BCUT2D eigenvalue weighted by Crippen LogP contribution is 2.41. The Bertz CT molecular complexity index is 1770. The second kappa shape index (κ2) is 21.2. The summed E-state index contributed by atoms with van der Waals surface area (Å²) in [6.45, 7) is 5.62. The second-order valence-corrected chi connectivity index (χ2v) is 16.5. The predicted molar refractivity (Wildman–Crippen MR) is 212 cm³/mol. The van der Waals surface area contributed by atoms with Crippen molar-refractivity contribution in [1.29, 1.82) is 0 Å². The van der Waals surface area contributed by atoms with Crippen LogP contribution < -0.4 is 10.6 Å². The first-order chi connectivity index (χ1) is 29.2. The summed E-state index contributed by atoms with van der Waals surface area (Å²) in [5, 5.41) is 69.0. The van der Waals surface area contributed by atoms with E-state index in [0.717, 1.165) is 6.42 Å². The number of halogens is 1. The number of benzene rings is 1. The number of likely N-dealkylation sites (tertiary alicyclic amines) is 1. The average molecular weight is 865 g/mol. The standard InChI is InChI=1S/C41H61FN6O13/c1-5-9-29(39(56)47-14-8-15-47)58-38-32(44-22(3)50)40(60-31(20-49)34(38)53)59-30-18-24(28(51)12-7-13-43-4)17-27(37(30)61-41-36(55)35(54)33(52)21(2)57-41)48-19-26(45-46-48)23-10-6-11-25(42)16-23/h6,10-11,16,19,21,24,27,29-38,40-41,43,49,52-55H,5,7-9,12-15,17-18,20H2,1-4H3,(H,44,50)/t21?,24?,27?,29-,30+,31-,32?,33+,34-,35-,36?,37+,38?,40+,41-/m0/s1. The van der Waals surface area contributed by atoms with E-state index in [-0.39, 0.29) is 31.0 Å². The molecule has 0 radical (unpaired) electrons. The lowest BCUT2D eigenvalue weighted by Crippen LogP contribution is -2.67. The molecule has 4 aliphatic rings. The van der Waals surface area contributed by atoms with Crippen molar-refractivity contribution in [2.24, 2.45) is 5.92 Å². The number of Topliss-reactive ketones (excluding diaryl/α,β-unsaturated/α-hetero) is 1. The van der Waals surface area contributed by atoms with Gasteiger partial charge >= 0.3 is 0 Å². The van der Waals surface area contributed by atoms with Gasteiger partial charge in [-0.05, 0) is 64.8 Å². The highest BCUT2D eigenvalue weighted by molar-refractivity contribution is 5.82. The third kappa shape index (κ3) is 11.0. The van der Waals surface area contributed by atoms with Crippen molar-refractivity contribution in [3.63, 3.8) is 0 Å². The van der Waals surface area contributed by atoms with Crippen molar-refractivity contribution < 1.29 is 68.0 Å². The van der Waals surface area contributed by atoms with E-state index in [1.165, 1.54) is 36.7 Å². The molecule has 1 aromatic heterocycles. The quantitative estimate of drug-likeness (QED) is 0.0939. The van der Waals surface area contributed by atoms with Gasteiger partial charge in [0, 0.05) is 37.9 Å². The van der Waals surface area contributed by atoms with Crippen LogP contribution in [0.3, 0.4) is 0 Å². The van der Waals surface area contributed by atoms with Gasteiger partial charge in [0.1, 0.15) is 72.2 Å². The van der Waals surface area contributed by atoms with Crippen LogP contribution in [0.4, 0.5) is 4.39 Å². The number of rotatable bonds is 18. The zero-order chi connectivity index (χ0) is 44.0. The van der Waals surface area contributed by atoms with E-state index in [1.54, 1.807) is 24.2 Å². The van der Waals surface area contributed by atoms with Crippen LogP contribution >= 0.6 is 0 Å². The second-order valence-electron chi connectivity index (χ2n) is 16.5. The zero-order valence-corrected chi connectivity index (χ0v) is 35.0. The monoisotopic (exact) mass is 864 g/mol. The maximum absolute atomic E-state index is 14.3. The first kappa shape index (κ1) is 47.0. The average Bonchev–Trinajstić information content (AvgIpc) is 3.71. The molecule has 1 saturated carbocycles. The summed E-state index contributed by atoms with van der Waals surface area (Å²) in [5.41, 5.74) is 0.723. The Morgan fingerprint density at radius 1 is 1.02 bits per heavy atom. The Labute approximate surface area is 353 Å². The Hall–Kier alpha value is -3.54. The lowest BCUT2D eigenvalue weighted by Gasteiger charge is -2.49. The minimum absolute atomic E-state index is 0.00494. The van der Waals surface area contributed by atoms with Crippen LogP contribution in [0.15, 0.2) is 30.5 Å². The minimum atomic E-state index is -1.74.